The molecule has 80 valence electrons. The Hall–Kier alpha value is -0.830. The average molecular weight is 196 g/mol. The van der Waals surface area contributed by atoms with E-state index in [9.17, 15) is 5.11 Å². The van der Waals surface area contributed by atoms with Crippen LogP contribution in [-0.4, -0.2) is 14.9 Å². The standard InChI is InChI=1S/C11H20N2O/c1-4-9(5-2)8-11(14)10-6-7-12-13(10)3/h6-7,9,11,14H,4-5,8H2,1-3H3. The van der Waals surface area contributed by atoms with E-state index in [1.54, 1.807) is 10.9 Å². The van der Waals surface area contributed by atoms with Crippen molar-refractivity contribution in [1.82, 2.24) is 9.78 Å². The molecule has 1 atom stereocenters. The van der Waals surface area contributed by atoms with E-state index in [-0.39, 0.29) is 6.10 Å². The molecule has 0 saturated heterocycles. The lowest BCUT2D eigenvalue weighted by atomic mass is 9.95. The Morgan fingerprint density at radius 1 is 1.43 bits per heavy atom. The molecule has 1 unspecified atom stereocenters. The largest absolute Gasteiger partial charge is 0.387 e. The van der Waals surface area contributed by atoms with Gasteiger partial charge in [-0.15, -0.1) is 0 Å². The Morgan fingerprint density at radius 2 is 2.07 bits per heavy atom. The zero-order valence-electron chi connectivity index (χ0n) is 9.27. The third-order valence-electron chi connectivity index (χ3n) is 2.91. The van der Waals surface area contributed by atoms with Crippen LogP contribution >= 0.6 is 0 Å². The molecule has 0 aliphatic rings. The molecule has 3 nitrogen and oxygen atoms in total. The molecule has 0 aliphatic carbocycles. The van der Waals surface area contributed by atoms with Gasteiger partial charge in [0.05, 0.1) is 11.8 Å². The van der Waals surface area contributed by atoms with Crippen molar-refractivity contribution >= 4 is 0 Å². The summed E-state index contributed by atoms with van der Waals surface area (Å²) >= 11 is 0. The Kier molecular flexibility index (Phi) is 4.14. The van der Waals surface area contributed by atoms with Gasteiger partial charge < -0.3 is 5.11 Å². The molecule has 1 N–H and O–H groups in total. The summed E-state index contributed by atoms with van der Waals surface area (Å²) in [7, 11) is 1.87. The van der Waals surface area contributed by atoms with Crippen LogP contribution < -0.4 is 0 Å². The van der Waals surface area contributed by atoms with Crippen LogP contribution in [0.3, 0.4) is 0 Å². The Labute approximate surface area is 85.8 Å². The van der Waals surface area contributed by atoms with Crippen LogP contribution in [0.1, 0.15) is 44.9 Å². The zero-order valence-corrected chi connectivity index (χ0v) is 9.27. The van der Waals surface area contributed by atoms with Crippen molar-refractivity contribution in [3.05, 3.63) is 18.0 Å². The first-order valence-corrected chi connectivity index (χ1v) is 5.35. The smallest absolute Gasteiger partial charge is 0.0959 e. The molecule has 14 heavy (non-hydrogen) atoms. The van der Waals surface area contributed by atoms with Crippen molar-refractivity contribution in [1.29, 1.82) is 0 Å². The van der Waals surface area contributed by atoms with E-state index in [4.69, 9.17) is 0 Å². The van der Waals surface area contributed by atoms with Crippen LogP contribution in [0, 0.1) is 5.92 Å². The van der Waals surface area contributed by atoms with Gasteiger partial charge in [0, 0.05) is 13.2 Å². The van der Waals surface area contributed by atoms with Crippen molar-refractivity contribution < 1.29 is 5.11 Å². The second-order valence-electron chi connectivity index (χ2n) is 3.81. The van der Waals surface area contributed by atoms with Gasteiger partial charge in [-0.2, -0.15) is 5.10 Å². The second kappa shape index (κ2) is 5.15. The number of aromatic nitrogens is 2. The Balaban J connectivity index is 2.58. The number of hydrogen-bond acceptors (Lipinski definition) is 2. The van der Waals surface area contributed by atoms with E-state index in [0.717, 1.165) is 25.0 Å². The van der Waals surface area contributed by atoms with Gasteiger partial charge in [0.15, 0.2) is 0 Å². The van der Waals surface area contributed by atoms with Crippen molar-refractivity contribution in [2.24, 2.45) is 13.0 Å². The topological polar surface area (TPSA) is 38.1 Å². The molecule has 0 radical (unpaired) electrons. The summed E-state index contributed by atoms with van der Waals surface area (Å²) in [4.78, 5) is 0. The molecule has 0 amide bonds. The van der Waals surface area contributed by atoms with E-state index >= 15 is 0 Å². The van der Waals surface area contributed by atoms with E-state index in [1.165, 1.54) is 0 Å². The van der Waals surface area contributed by atoms with E-state index < -0.39 is 0 Å². The van der Waals surface area contributed by atoms with E-state index in [1.807, 2.05) is 13.1 Å². The van der Waals surface area contributed by atoms with Gasteiger partial charge in [-0.1, -0.05) is 26.7 Å². The minimum atomic E-state index is -0.368. The number of aryl methyl sites for hydroxylation is 1. The maximum absolute atomic E-state index is 9.96. The van der Waals surface area contributed by atoms with Crippen molar-refractivity contribution in [3.63, 3.8) is 0 Å². The van der Waals surface area contributed by atoms with Gasteiger partial charge >= 0.3 is 0 Å². The highest BCUT2D eigenvalue weighted by atomic mass is 16.3. The quantitative estimate of drug-likeness (QED) is 0.784. The minimum Gasteiger partial charge on any atom is -0.387 e. The van der Waals surface area contributed by atoms with Crippen molar-refractivity contribution in [2.45, 2.75) is 39.2 Å². The summed E-state index contributed by atoms with van der Waals surface area (Å²) in [6, 6.07) is 1.88. The molecule has 1 aromatic rings. The van der Waals surface area contributed by atoms with E-state index in [2.05, 4.69) is 18.9 Å². The van der Waals surface area contributed by atoms with Gasteiger partial charge in [-0.25, -0.2) is 0 Å². The predicted octanol–water partition coefficient (Wildman–Crippen LogP) is 2.28. The molecule has 1 rings (SSSR count). The number of aliphatic hydroxyl groups is 1. The maximum atomic E-state index is 9.96. The fourth-order valence-corrected chi connectivity index (χ4v) is 1.77. The lowest BCUT2D eigenvalue weighted by Crippen LogP contribution is -2.10. The van der Waals surface area contributed by atoms with Crippen molar-refractivity contribution in [3.8, 4) is 0 Å². The fraction of sp³-hybridized carbons (Fsp3) is 0.727. The van der Waals surface area contributed by atoms with Gasteiger partial charge in [0.2, 0.25) is 0 Å². The lowest BCUT2D eigenvalue weighted by molar-refractivity contribution is 0.132. The number of hydrogen-bond donors (Lipinski definition) is 1. The molecule has 3 heteroatoms. The summed E-state index contributed by atoms with van der Waals surface area (Å²) in [6.45, 7) is 4.34. The monoisotopic (exact) mass is 196 g/mol. The molecule has 0 spiro atoms. The molecule has 0 saturated carbocycles. The molecular formula is C11H20N2O. The predicted molar refractivity (Wildman–Crippen MR) is 56.9 cm³/mol. The van der Waals surface area contributed by atoms with Gasteiger partial charge in [0.25, 0.3) is 0 Å². The van der Waals surface area contributed by atoms with Crippen molar-refractivity contribution in [2.75, 3.05) is 0 Å². The second-order valence-corrected chi connectivity index (χ2v) is 3.81. The molecule has 1 aromatic heterocycles. The first kappa shape index (κ1) is 11.2. The Morgan fingerprint density at radius 3 is 2.50 bits per heavy atom. The van der Waals surface area contributed by atoms with Crippen LogP contribution in [0.4, 0.5) is 0 Å². The van der Waals surface area contributed by atoms with Crippen LogP contribution in [0.5, 0.6) is 0 Å². The summed E-state index contributed by atoms with van der Waals surface area (Å²) in [5.41, 5.74) is 0.914. The highest BCUT2D eigenvalue weighted by Crippen LogP contribution is 2.24. The maximum Gasteiger partial charge on any atom is 0.0959 e. The molecular weight excluding hydrogens is 176 g/mol. The number of nitrogens with zero attached hydrogens (tertiary/aromatic N) is 2. The van der Waals surface area contributed by atoms with Crippen LogP contribution in [0.15, 0.2) is 12.3 Å². The first-order valence-electron chi connectivity index (χ1n) is 5.35. The van der Waals surface area contributed by atoms with Crippen LogP contribution in [0.2, 0.25) is 0 Å². The fourth-order valence-electron chi connectivity index (χ4n) is 1.77. The van der Waals surface area contributed by atoms with Gasteiger partial charge in [0.1, 0.15) is 0 Å². The Bertz CT molecular complexity index is 266. The first-order chi connectivity index (χ1) is 6.69. The normalized spacial score (nSPS) is 13.5. The summed E-state index contributed by atoms with van der Waals surface area (Å²) in [5, 5.41) is 14.0. The summed E-state index contributed by atoms with van der Waals surface area (Å²) in [5.74, 6) is 0.611. The van der Waals surface area contributed by atoms with Crippen LogP contribution in [-0.2, 0) is 7.05 Å². The molecule has 0 aromatic carbocycles. The minimum absolute atomic E-state index is 0.368. The van der Waals surface area contributed by atoms with Gasteiger partial charge in [-0.3, -0.25) is 4.68 Å². The van der Waals surface area contributed by atoms with E-state index in [0.29, 0.717) is 5.92 Å². The highest BCUT2D eigenvalue weighted by molar-refractivity contribution is 5.03. The number of aliphatic hydroxyl groups excluding tert-OH is 1. The van der Waals surface area contributed by atoms with Crippen LogP contribution in [0.25, 0.3) is 0 Å². The highest BCUT2D eigenvalue weighted by Gasteiger charge is 2.15. The summed E-state index contributed by atoms with van der Waals surface area (Å²) < 4.78 is 1.74. The molecule has 0 fully saturated rings. The molecule has 1 heterocycles. The SMILES string of the molecule is CCC(CC)CC(O)c1ccnn1C. The zero-order chi connectivity index (χ0) is 10.6. The molecule has 0 bridgehead atoms. The number of rotatable bonds is 5. The third kappa shape index (κ3) is 2.58. The third-order valence-corrected chi connectivity index (χ3v) is 2.91. The summed E-state index contributed by atoms with van der Waals surface area (Å²) in [6.07, 6.45) is 4.46. The van der Waals surface area contributed by atoms with Gasteiger partial charge in [-0.05, 0) is 18.4 Å². The molecule has 0 aliphatic heterocycles. The average Bonchev–Trinajstić information content (AvgIpc) is 2.60. The lowest BCUT2D eigenvalue weighted by Gasteiger charge is -2.17.